The molecule has 30 heavy (non-hydrogen) atoms. The van der Waals surface area contributed by atoms with E-state index in [2.05, 4.69) is 4.90 Å². The van der Waals surface area contributed by atoms with Crippen molar-refractivity contribution >= 4 is 52.4 Å². The van der Waals surface area contributed by atoms with Gasteiger partial charge in [-0.05, 0) is 42.0 Å². The van der Waals surface area contributed by atoms with E-state index in [0.717, 1.165) is 35.8 Å². The van der Waals surface area contributed by atoms with E-state index >= 15 is 0 Å². The Kier molecular flexibility index (Phi) is 9.42. The zero-order chi connectivity index (χ0) is 20.8. The number of nitrogens with two attached hydrogens (primary N) is 2. The Morgan fingerprint density at radius 2 is 1.67 bits per heavy atom. The van der Waals surface area contributed by atoms with Gasteiger partial charge < -0.3 is 21.1 Å². The summed E-state index contributed by atoms with van der Waals surface area (Å²) in [7, 11) is 0. The van der Waals surface area contributed by atoms with Gasteiger partial charge in [-0.2, -0.15) is 0 Å². The smallest absolute Gasteiger partial charge is 0.410 e. The zero-order valence-electron chi connectivity index (χ0n) is 15.9. The Bertz CT molecular complexity index is 841. The molecule has 0 aliphatic carbocycles. The van der Waals surface area contributed by atoms with Crippen molar-refractivity contribution in [1.82, 2.24) is 9.80 Å². The summed E-state index contributed by atoms with van der Waals surface area (Å²) >= 11 is 13.7. The van der Waals surface area contributed by atoms with E-state index in [1.54, 1.807) is 34.9 Å². The van der Waals surface area contributed by atoms with Crippen molar-refractivity contribution in [3.63, 3.8) is 0 Å². The van der Waals surface area contributed by atoms with Crippen LogP contribution in [0.2, 0.25) is 10.0 Å². The molecule has 1 heterocycles. The number of anilines is 2. The van der Waals surface area contributed by atoms with Crippen LogP contribution in [-0.2, 0) is 11.3 Å². The average Bonchev–Trinajstić information content (AvgIpc) is 2.69. The van der Waals surface area contributed by atoms with Crippen LogP contribution in [0.5, 0.6) is 0 Å². The molecule has 0 atom stereocenters. The van der Waals surface area contributed by atoms with E-state index in [4.69, 9.17) is 39.4 Å². The van der Waals surface area contributed by atoms with E-state index in [-0.39, 0.29) is 20.1 Å². The maximum absolute atomic E-state index is 12.3. The SMILES string of the molecule is C.Nc1ccc(SCCN2CCN(C(=O)OCc3cc(Cl)cc(Cl)c3)CC2)cc1N. The van der Waals surface area contributed by atoms with E-state index in [1.807, 2.05) is 18.2 Å². The van der Waals surface area contributed by atoms with Crippen LogP contribution in [-0.4, -0.2) is 54.4 Å². The number of ether oxygens (including phenoxy) is 1. The lowest BCUT2D eigenvalue weighted by Gasteiger charge is -2.34. The third-order valence-electron chi connectivity index (χ3n) is 4.65. The normalized spacial score (nSPS) is 14.3. The molecule has 0 spiro atoms. The number of nitrogen functional groups attached to an aromatic ring is 2. The van der Waals surface area contributed by atoms with Crippen molar-refractivity contribution in [3.8, 4) is 0 Å². The number of halogens is 2. The number of carbonyl (C=O) groups excluding carboxylic acids is 1. The third-order valence-corrected chi connectivity index (χ3v) is 6.06. The molecular formula is C21H28Cl2N4O2S. The lowest BCUT2D eigenvalue weighted by Crippen LogP contribution is -2.49. The number of hydrogen-bond acceptors (Lipinski definition) is 6. The molecule has 9 heteroatoms. The molecule has 1 fully saturated rings. The standard InChI is InChI=1S/C20H24Cl2N4O2S.CH4/c21-15-9-14(10-16(22)11-15)13-28-20(27)26-5-3-25(4-6-26)7-8-29-17-1-2-18(23)19(24)12-17;/h1-2,9-12H,3-8,13,23-24H2;1H4. The summed E-state index contributed by atoms with van der Waals surface area (Å²) in [5, 5.41) is 1.05. The van der Waals surface area contributed by atoms with Crippen molar-refractivity contribution in [2.45, 2.75) is 18.9 Å². The first-order chi connectivity index (χ1) is 13.9. The van der Waals surface area contributed by atoms with E-state index in [9.17, 15) is 4.79 Å². The molecule has 1 amide bonds. The quantitative estimate of drug-likeness (QED) is 0.463. The van der Waals surface area contributed by atoms with Gasteiger partial charge in [-0.1, -0.05) is 30.6 Å². The largest absolute Gasteiger partial charge is 0.445 e. The van der Waals surface area contributed by atoms with Gasteiger partial charge in [-0.15, -0.1) is 11.8 Å². The monoisotopic (exact) mass is 470 g/mol. The van der Waals surface area contributed by atoms with Gasteiger partial charge in [0.05, 0.1) is 11.4 Å². The number of hydrogen-bond donors (Lipinski definition) is 2. The molecule has 1 aliphatic heterocycles. The second-order valence-electron chi connectivity index (χ2n) is 6.80. The zero-order valence-corrected chi connectivity index (χ0v) is 18.3. The summed E-state index contributed by atoms with van der Waals surface area (Å²) in [5.41, 5.74) is 13.6. The predicted octanol–water partition coefficient (Wildman–Crippen LogP) is 4.84. The Morgan fingerprint density at radius 3 is 2.30 bits per heavy atom. The Labute approximate surface area is 192 Å². The molecule has 2 aromatic rings. The van der Waals surface area contributed by atoms with Gasteiger partial charge in [-0.3, -0.25) is 4.90 Å². The number of benzene rings is 2. The summed E-state index contributed by atoms with van der Waals surface area (Å²) in [4.78, 5) is 17.5. The maximum atomic E-state index is 12.3. The Hall–Kier alpha value is -1.80. The molecule has 0 saturated carbocycles. The van der Waals surface area contributed by atoms with Crippen molar-refractivity contribution in [3.05, 3.63) is 52.0 Å². The summed E-state index contributed by atoms with van der Waals surface area (Å²) in [5.74, 6) is 0.948. The molecular weight excluding hydrogens is 443 g/mol. The predicted molar refractivity (Wildman–Crippen MR) is 127 cm³/mol. The molecule has 164 valence electrons. The van der Waals surface area contributed by atoms with Gasteiger partial charge in [0.25, 0.3) is 0 Å². The van der Waals surface area contributed by atoms with Crippen LogP contribution in [0.25, 0.3) is 0 Å². The number of thioether (sulfide) groups is 1. The molecule has 6 nitrogen and oxygen atoms in total. The second-order valence-corrected chi connectivity index (χ2v) is 8.84. The summed E-state index contributed by atoms with van der Waals surface area (Å²) < 4.78 is 5.40. The maximum Gasteiger partial charge on any atom is 0.410 e. The highest BCUT2D eigenvalue weighted by Crippen LogP contribution is 2.24. The fourth-order valence-electron chi connectivity index (χ4n) is 3.02. The van der Waals surface area contributed by atoms with Gasteiger partial charge in [0.2, 0.25) is 0 Å². The van der Waals surface area contributed by atoms with Crippen molar-refractivity contribution in [2.24, 2.45) is 0 Å². The molecule has 4 N–H and O–H groups in total. The number of rotatable bonds is 6. The number of nitrogens with zero attached hydrogens (tertiary/aromatic N) is 2. The van der Waals surface area contributed by atoms with Crippen molar-refractivity contribution in [1.29, 1.82) is 0 Å². The fourth-order valence-corrected chi connectivity index (χ4v) is 4.55. The van der Waals surface area contributed by atoms with Crippen molar-refractivity contribution in [2.75, 3.05) is 49.9 Å². The minimum absolute atomic E-state index is 0. The van der Waals surface area contributed by atoms with Crippen LogP contribution < -0.4 is 11.5 Å². The van der Waals surface area contributed by atoms with Crippen LogP contribution in [0.4, 0.5) is 16.2 Å². The first-order valence-electron chi connectivity index (χ1n) is 9.27. The average molecular weight is 471 g/mol. The Balaban J connectivity index is 0.00000320. The van der Waals surface area contributed by atoms with Crippen LogP contribution in [0.15, 0.2) is 41.3 Å². The highest BCUT2D eigenvalue weighted by atomic mass is 35.5. The second kappa shape index (κ2) is 11.6. The summed E-state index contributed by atoms with van der Waals surface area (Å²) in [6, 6.07) is 10.8. The van der Waals surface area contributed by atoms with Gasteiger partial charge >= 0.3 is 6.09 Å². The van der Waals surface area contributed by atoms with Crippen LogP contribution in [0.3, 0.4) is 0 Å². The number of amides is 1. The minimum Gasteiger partial charge on any atom is -0.445 e. The molecule has 0 aromatic heterocycles. The topological polar surface area (TPSA) is 84.8 Å². The molecule has 2 aromatic carbocycles. The minimum atomic E-state index is -0.313. The molecule has 1 saturated heterocycles. The van der Waals surface area contributed by atoms with Gasteiger partial charge in [0, 0.05) is 53.4 Å². The highest BCUT2D eigenvalue weighted by Gasteiger charge is 2.22. The molecule has 0 bridgehead atoms. The molecule has 3 rings (SSSR count). The highest BCUT2D eigenvalue weighted by molar-refractivity contribution is 7.99. The van der Waals surface area contributed by atoms with Gasteiger partial charge in [0.1, 0.15) is 6.61 Å². The lowest BCUT2D eigenvalue weighted by molar-refractivity contribution is 0.0731. The molecule has 1 aliphatic rings. The van der Waals surface area contributed by atoms with E-state index in [0.29, 0.717) is 34.5 Å². The Morgan fingerprint density at radius 1 is 1.00 bits per heavy atom. The molecule has 0 unspecified atom stereocenters. The third kappa shape index (κ3) is 7.16. The summed E-state index contributed by atoms with van der Waals surface area (Å²) in [6.07, 6.45) is -0.313. The van der Waals surface area contributed by atoms with Gasteiger partial charge in [0.15, 0.2) is 0 Å². The van der Waals surface area contributed by atoms with E-state index in [1.165, 1.54) is 0 Å². The van der Waals surface area contributed by atoms with Crippen molar-refractivity contribution < 1.29 is 9.53 Å². The first-order valence-corrected chi connectivity index (χ1v) is 11.0. The van der Waals surface area contributed by atoms with Crippen LogP contribution >= 0.6 is 35.0 Å². The van der Waals surface area contributed by atoms with Crippen LogP contribution in [0.1, 0.15) is 13.0 Å². The number of carbonyl (C=O) groups is 1. The number of piperazine rings is 1. The van der Waals surface area contributed by atoms with Gasteiger partial charge in [-0.25, -0.2) is 4.79 Å². The summed E-state index contributed by atoms with van der Waals surface area (Å²) in [6.45, 7) is 4.04. The van der Waals surface area contributed by atoms with Crippen LogP contribution in [0, 0.1) is 0 Å². The lowest BCUT2D eigenvalue weighted by atomic mass is 10.2. The fraction of sp³-hybridized carbons (Fsp3) is 0.381. The molecule has 0 radical (unpaired) electrons. The van der Waals surface area contributed by atoms with E-state index < -0.39 is 0 Å². The first kappa shape index (κ1) is 24.5.